The van der Waals surface area contributed by atoms with Gasteiger partial charge in [0.15, 0.2) is 12.4 Å². The van der Waals surface area contributed by atoms with E-state index >= 15 is 0 Å². The summed E-state index contributed by atoms with van der Waals surface area (Å²) in [5.41, 5.74) is 1.62. The highest BCUT2D eigenvalue weighted by Gasteiger charge is 2.29. The summed E-state index contributed by atoms with van der Waals surface area (Å²) in [5, 5.41) is 0. The van der Waals surface area contributed by atoms with Crippen molar-refractivity contribution in [2.45, 2.75) is 39.4 Å². The first-order valence-electron chi connectivity index (χ1n) is 8.96. The van der Waals surface area contributed by atoms with Gasteiger partial charge in [0.25, 0.3) is 11.8 Å². The van der Waals surface area contributed by atoms with Crippen LogP contribution in [0.3, 0.4) is 0 Å². The van der Waals surface area contributed by atoms with Crippen molar-refractivity contribution in [3.05, 3.63) is 52.7 Å². The van der Waals surface area contributed by atoms with Gasteiger partial charge >= 0.3 is 6.18 Å². The predicted octanol–water partition coefficient (Wildman–Crippen LogP) is 3.83. The number of amides is 1. The Balaban J connectivity index is 2.19. The van der Waals surface area contributed by atoms with Crippen LogP contribution < -0.4 is 4.74 Å². The van der Waals surface area contributed by atoms with Crippen molar-refractivity contribution in [2.24, 2.45) is 0 Å². The normalized spacial score (nSPS) is 12.4. The van der Waals surface area contributed by atoms with E-state index in [1.165, 1.54) is 24.9 Å². The number of carbonyl (C=O) groups excluding carboxylic acids is 2. The quantitative estimate of drug-likeness (QED) is 0.628. The van der Waals surface area contributed by atoms with E-state index in [1.807, 2.05) is 0 Å². The van der Waals surface area contributed by atoms with Crippen LogP contribution in [0.15, 0.2) is 24.4 Å². The Hall–Kier alpha value is -3.04. The smallest absolute Gasteiger partial charge is 0.422 e. The van der Waals surface area contributed by atoms with E-state index in [-0.39, 0.29) is 17.8 Å². The lowest BCUT2D eigenvalue weighted by Crippen LogP contribution is -2.30. The molecule has 2 rings (SSSR count). The fraction of sp³-hybridized carbons (Fsp3) is 0.400. The van der Waals surface area contributed by atoms with Gasteiger partial charge in [0, 0.05) is 36.6 Å². The Morgan fingerprint density at radius 1 is 1.23 bits per heavy atom. The van der Waals surface area contributed by atoms with Crippen LogP contribution >= 0.6 is 0 Å². The average Bonchev–Trinajstić information content (AvgIpc) is 2.63. The van der Waals surface area contributed by atoms with Crippen LogP contribution in [0.4, 0.5) is 17.6 Å². The Morgan fingerprint density at radius 3 is 2.47 bits per heavy atom. The van der Waals surface area contributed by atoms with Crippen LogP contribution in [0.1, 0.15) is 47.2 Å². The molecule has 162 valence electrons. The predicted molar refractivity (Wildman–Crippen MR) is 99.6 cm³/mol. The number of pyridine rings is 2. The van der Waals surface area contributed by atoms with Crippen molar-refractivity contribution >= 4 is 11.7 Å². The number of hydrogen-bond donors (Lipinski definition) is 0. The number of nitrogens with zero attached hydrogens (tertiary/aromatic N) is 3. The van der Waals surface area contributed by atoms with Crippen LogP contribution in [-0.2, 0) is 11.2 Å². The molecule has 1 amide bonds. The van der Waals surface area contributed by atoms with Gasteiger partial charge in [-0.15, -0.1) is 0 Å². The maximum absolute atomic E-state index is 14.1. The highest BCUT2D eigenvalue weighted by molar-refractivity contribution is 5.94. The maximum Gasteiger partial charge on any atom is 0.422 e. The Bertz CT molecular complexity index is 947. The fourth-order valence-corrected chi connectivity index (χ4v) is 2.73. The molecule has 0 N–H and O–H groups in total. The Kier molecular flexibility index (Phi) is 7.12. The van der Waals surface area contributed by atoms with Crippen molar-refractivity contribution in [1.82, 2.24) is 14.9 Å². The third kappa shape index (κ3) is 6.23. The molecule has 0 bridgehead atoms. The number of rotatable bonds is 7. The van der Waals surface area contributed by atoms with Gasteiger partial charge in [-0.3, -0.25) is 14.6 Å². The summed E-state index contributed by atoms with van der Waals surface area (Å²) in [6, 6.07) is 3.43. The zero-order valence-corrected chi connectivity index (χ0v) is 16.9. The third-order valence-corrected chi connectivity index (χ3v) is 4.27. The Morgan fingerprint density at radius 2 is 1.90 bits per heavy atom. The first-order valence-corrected chi connectivity index (χ1v) is 8.96. The molecular formula is C20H21F4N3O3. The number of alkyl halides is 3. The van der Waals surface area contributed by atoms with Gasteiger partial charge < -0.3 is 9.64 Å². The minimum Gasteiger partial charge on any atom is -0.466 e. The van der Waals surface area contributed by atoms with Gasteiger partial charge in [0.2, 0.25) is 0 Å². The molecule has 2 heterocycles. The summed E-state index contributed by atoms with van der Waals surface area (Å²) in [6.45, 7) is 3.08. The lowest BCUT2D eigenvalue weighted by atomic mass is 10.1. The molecule has 0 aromatic carbocycles. The molecule has 0 saturated carbocycles. The number of aromatic nitrogens is 2. The number of ether oxygens (including phenoxy) is 1. The second-order valence-electron chi connectivity index (χ2n) is 6.92. The standard InChI is InChI=1S/C20H21F4N3O3/c1-11-5-14(7-16(26-11)6-12(2)28)19(29)27(4)13(3)15-8-17(21)18(25-9-15)30-10-20(22,23)24/h5,7-9,13H,6,10H2,1-4H3. The van der Waals surface area contributed by atoms with E-state index < -0.39 is 36.4 Å². The second kappa shape index (κ2) is 9.19. The van der Waals surface area contributed by atoms with Crippen molar-refractivity contribution in [3.8, 4) is 5.88 Å². The monoisotopic (exact) mass is 427 g/mol. The van der Waals surface area contributed by atoms with E-state index in [1.54, 1.807) is 19.9 Å². The molecule has 10 heteroatoms. The zero-order chi connectivity index (χ0) is 22.6. The third-order valence-electron chi connectivity index (χ3n) is 4.27. The van der Waals surface area contributed by atoms with E-state index in [2.05, 4.69) is 14.7 Å². The molecule has 0 aliphatic rings. The minimum atomic E-state index is -4.61. The minimum absolute atomic E-state index is 0.0930. The summed E-state index contributed by atoms with van der Waals surface area (Å²) in [6.07, 6.45) is -3.37. The van der Waals surface area contributed by atoms with Gasteiger partial charge in [-0.2, -0.15) is 13.2 Å². The van der Waals surface area contributed by atoms with E-state index in [0.29, 0.717) is 17.0 Å². The van der Waals surface area contributed by atoms with Crippen molar-refractivity contribution < 1.29 is 31.9 Å². The summed E-state index contributed by atoms with van der Waals surface area (Å²) in [7, 11) is 1.50. The molecule has 0 radical (unpaired) electrons. The molecule has 30 heavy (non-hydrogen) atoms. The SMILES string of the molecule is CC(=O)Cc1cc(C(=O)N(C)C(C)c2cnc(OCC(F)(F)F)c(F)c2)cc(C)n1. The van der Waals surface area contributed by atoms with Crippen LogP contribution in [0.25, 0.3) is 0 Å². The molecule has 0 saturated heterocycles. The molecule has 0 aliphatic carbocycles. The van der Waals surface area contributed by atoms with Crippen molar-refractivity contribution in [3.63, 3.8) is 0 Å². The van der Waals surface area contributed by atoms with Crippen LogP contribution in [0, 0.1) is 12.7 Å². The van der Waals surface area contributed by atoms with E-state index in [0.717, 1.165) is 12.3 Å². The topological polar surface area (TPSA) is 72.4 Å². The first kappa shape index (κ1) is 23.2. The lowest BCUT2D eigenvalue weighted by Gasteiger charge is -2.25. The lowest BCUT2D eigenvalue weighted by molar-refractivity contribution is -0.154. The second-order valence-corrected chi connectivity index (χ2v) is 6.92. The van der Waals surface area contributed by atoms with Gasteiger partial charge in [0.05, 0.1) is 6.04 Å². The summed E-state index contributed by atoms with van der Waals surface area (Å²) in [4.78, 5) is 33.4. The molecular weight excluding hydrogens is 406 g/mol. The zero-order valence-electron chi connectivity index (χ0n) is 16.9. The molecule has 0 fully saturated rings. The molecule has 2 aromatic rings. The number of aryl methyl sites for hydroxylation is 1. The molecule has 0 aliphatic heterocycles. The molecule has 1 unspecified atom stereocenters. The van der Waals surface area contributed by atoms with Gasteiger partial charge in [0.1, 0.15) is 5.78 Å². The van der Waals surface area contributed by atoms with Crippen LogP contribution in [0.2, 0.25) is 0 Å². The van der Waals surface area contributed by atoms with Crippen LogP contribution in [-0.4, -0.2) is 46.4 Å². The molecule has 6 nitrogen and oxygen atoms in total. The van der Waals surface area contributed by atoms with Gasteiger partial charge in [-0.05, 0) is 44.5 Å². The van der Waals surface area contributed by atoms with Crippen LogP contribution in [0.5, 0.6) is 5.88 Å². The summed E-state index contributed by atoms with van der Waals surface area (Å²) in [5.74, 6) is -2.32. The number of carbonyl (C=O) groups is 2. The number of hydrogen-bond acceptors (Lipinski definition) is 5. The van der Waals surface area contributed by atoms with Gasteiger partial charge in [-0.1, -0.05) is 0 Å². The van der Waals surface area contributed by atoms with Gasteiger partial charge in [-0.25, -0.2) is 9.37 Å². The number of ketones is 1. The van der Waals surface area contributed by atoms with E-state index in [9.17, 15) is 27.2 Å². The first-order chi connectivity index (χ1) is 13.9. The van der Waals surface area contributed by atoms with E-state index in [4.69, 9.17) is 0 Å². The molecule has 2 aromatic heterocycles. The highest BCUT2D eigenvalue weighted by atomic mass is 19.4. The van der Waals surface area contributed by atoms with Crippen molar-refractivity contribution in [2.75, 3.05) is 13.7 Å². The molecule has 0 spiro atoms. The highest BCUT2D eigenvalue weighted by Crippen LogP contribution is 2.25. The number of Topliss-reactive ketones (excluding diaryl/α,β-unsaturated/α-hetero) is 1. The molecule has 1 atom stereocenters. The summed E-state index contributed by atoms with van der Waals surface area (Å²) < 4.78 is 55.1. The largest absolute Gasteiger partial charge is 0.466 e. The van der Waals surface area contributed by atoms with Crippen molar-refractivity contribution in [1.29, 1.82) is 0 Å². The Labute approximate surface area is 170 Å². The summed E-state index contributed by atoms with van der Waals surface area (Å²) >= 11 is 0. The maximum atomic E-state index is 14.1. The number of halogens is 4. The fourth-order valence-electron chi connectivity index (χ4n) is 2.73. The average molecular weight is 427 g/mol.